The van der Waals surface area contributed by atoms with Crippen LogP contribution in [0.4, 0.5) is 4.39 Å². The maximum absolute atomic E-state index is 14.2. The summed E-state index contributed by atoms with van der Waals surface area (Å²) in [5.41, 5.74) is 5.93. The van der Waals surface area contributed by atoms with Crippen molar-refractivity contribution >= 4 is 26.0 Å². The standard InChI is InChI=1S/C27H33FN4O3Si/c1-18-22(19(2)31(3)29-18)10-11-35-27-15-21(28)7-8-23(27)20-6-9-25-24(14-20)26(16-33)32(30-25)17-34-12-13-36(4)5/h6-9,14-16,36H,10-13,17H2,1-5H3. The predicted molar refractivity (Wildman–Crippen MR) is 142 cm³/mol. The van der Waals surface area contributed by atoms with Gasteiger partial charge in [0, 0.05) is 51.6 Å². The van der Waals surface area contributed by atoms with Gasteiger partial charge in [-0.25, -0.2) is 9.07 Å². The third-order valence-electron chi connectivity index (χ3n) is 6.47. The maximum atomic E-state index is 14.2. The molecule has 0 atom stereocenters. The Morgan fingerprint density at radius 1 is 1.08 bits per heavy atom. The second-order valence-corrected chi connectivity index (χ2v) is 12.8. The lowest BCUT2D eigenvalue weighted by atomic mass is 10.0. The van der Waals surface area contributed by atoms with Crippen molar-refractivity contribution in [1.82, 2.24) is 19.6 Å². The van der Waals surface area contributed by atoms with Gasteiger partial charge in [-0.15, -0.1) is 0 Å². The second kappa shape index (κ2) is 11.2. The van der Waals surface area contributed by atoms with Gasteiger partial charge in [-0.05, 0) is 55.3 Å². The molecule has 0 aliphatic heterocycles. The van der Waals surface area contributed by atoms with Crippen molar-refractivity contribution in [2.75, 3.05) is 13.2 Å². The van der Waals surface area contributed by atoms with Crippen LogP contribution >= 0.6 is 0 Å². The van der Waals surface area contributed by atoms with E-state index >= 15 is 0 Å². The molecular formula is C27H33FN4O3Si. The average molecular weight is 509 g/mol. The van der Waals surface area contributed by atoms with Crippen molar-refractivity contribution in [2.45, 2.75) is 46.1 Å². The highest BCUT2D eigenvalue weighted by molar-refractivity contribution is 6.55. The lowest BCUT2D eigenvalue weighted by Gasteiger charge is -2.12. The number of carbonyl (C=O) groups is 1. The Kier molecular flexibility index (Phi) is 8.00. The van der Waals surface area contributed by atoms with Gasteiger partial charge in [-0.3, -0.25) is 9.48 Å². The zero-order chi connectivity index (χ0) is 25.8. The van der Waals surface area contributed by atoms with E-state index in [4.69, 9.17) is 9.47 Å². The van der Waals surface area contributed by atoms with Crippen molar-refractivity contribution < 1.29 is 18.7 Å². The molecule has 0 aliphatic rings. The summed E-state index contributed by atoms with van der Waals surface area (Å²) in [6.07, 6.45) is 1.47. The second-order valence-electron chi connectivity index (χ2n) is 9.47. The van der Waals surface area contributed by atoms with E-state index in [1.807, 2.05) is 43.8 Å². The molecule has 0 unspecified atom stereocenters. The first-order chi connectivity index (χ1) is 17.3. The van der Waals surface area contributed by atoms with E-state index in [1.54, 1.807) is 10.7 Å². The minimum Gasteiger partial charge on any atom is -0.492 e. The molecule has 36 heavy (non-hydrogen) atoms. The SMILES string of the molecule is Cc1nn(C)c(C)c1CCOc1cc(F)ccc1-c1ccc2nn(COCC[SiH](C)C)c(C=O)c2c1. The molecule has 0 fully saturated rings. The van der Waals surface area contributed by atoms with Crippen molar-refractivity contribution in [3.63, 3.8) is 0 Å². The maximum Gasteiger partial charge on any atom is 0.168 e. The summed E-state index contributed by atoms with van der Waals surface area (Å²) in [6, 6.07) is 11.3. The van der Waals surface area contributed by atoms with Crippen LogP contribution in [0.15, 0.2) is 36.4 Å². The number of carbonyl (C=O) groups excluding carboxylic acids is 1. The van der Waals surface area contributed by atoms with Gasteiger partial charge in [0.05, 0.1) is 17.8 Å². The largest absolute Gasteiger partial charge is 0.492 e. The van der Waals surface area contributed by atoms with Crippen LogP contribution in [0.2, 0.25) is 19.1 Å². The molecular weight excluding hydrogens is 475 g/mol. The Labute approximate surface area is 212 Å². The zero-order valence-electron chi connectivity index (χ0n) is 21.5. The summed E-state index contributed by atoms with van der Waals surface area (Å²) in [7, 11) is 1.23. The highest BCUT2D eigenvalue weighted by Gasteiger charge is 2.15. The van der Waals surface area contributed by atoms with E-state index in [-0.39, 0.29) is 12.5 Å². The quantitative estimate of drug-likeness (QED) is 0.160. The molecule has 2 aromatic carbocycles. The third kappa shape index (κ3) is 5.57. The van der Waals surface area contributed by atoms with Crippen molar-refractivity contribution in [3.8, 4) is 16.9 Å². The topological polar surface area (TPSA) is 71.2 Å². The van der Waals surface area contributed by atoms with Gasteiger partial charge in [0.1, 0.15) is 24.0 Å². The zero-order valence-corrected chi connectivity index (χ0v) is 22.7. The van der Waals surface area contributed by atoms with E-state index in [1.165, 1.54) is 12.1 Å². The Bertz CT molecular complexity index is 1380. The van der Waals surface area contributed by atoms with Crippen LogP contribution < -0.4 is 4.74 Å². The molecule has 0 bridgehead atoms. The summed E-state index contributed by atoms with van der Waals surface area (Å²) >= 11 is 0. The summed E-state index contributed by atoms with van der Waals surface area (Å²) < 4.78 is 29.4. The first-order valence-electron chi connectivity index (χ1n) is 12.2. The number of aryl methyl sites for hydroxylation is 2. The smallest absolute Gasteiger partial charge is 0.168 e. The van der Waals surface area contributed by atoms with Crippen LogP contribution in [0.5, 0.6) is 5.75 Å². The number of rotatable bonds is 11. The van der Waals surface area contributed by atoms with Crippen LogP contribution in [0.1, 0.15) is 27.4 Å². The number of fused-ring (bicyclic) bond motifs is 1. The molecule has 0 saturated heterocycles. The van der Waals surface area contributed by atoms with Gasteiger partial charge in [0.15, 0.2) is 6.29 Å². The van der Waals surface area contributed by atoms with Gasteiger partial charge in [0.25, 0.3) is 0 Å². The average Bonchev–Trinajstić information content (AvgIpc) is 3.31. The molecule has 0 saturated carbocycles. The molecule has 0 amide bonds. The normalized spacial score (nSPS) is 11.5. The first kappa shape index (κ1) is 25.8. The van der Waals surface area contributed by atoms with Gasteiger partial charge < -0.3 is 9.47 Å². The van der Waals surface area contributed by atoms with E-state index < -0.39 is 8.80 Å². The summed E-state index contributed by atoms with van der Waals surface area (Å²) in [6.45, 7) is 9.85. The van der Waals surface area contributed by atoms with Crippen LogP contribution in [-0.2, 0) is 24.9 Å². The minimum atomic E-state index is -0.693. The third-order valence-corrected chi connectivity index (χ3v) is 7.86. The number of hydrogen-bond acceptors (Lipinski definition) is 5. The molecule has 9 heteroatoms. The number of nitrogens with zero attached hydrogens (tertiary/aromatic N) is 4. The minimum absolute atomic E-state index is 0.233. The molecule has 190 valence electrons. The van der Waals surface area contributed by atoms with Crippen LogP contribution in [-0.4, -0.2) is 47.9 Å². The summed E-state index contributed by atoms with van der Waals surface area (Å²) in [4.78, 5) is 11.9. The van der Waals surface area contributed by atoms with Gasteiger partial charge in [-0.2, -0.15) is 10.2 Å². The number of ether oxygens (including phenoxy) is 2. The van der Waals surface area contributed by atoms with Gasteiger partial charge in [0.2, 0.25) is 0 Å². The van der Waals surface area contributed by atoms with Crippen LogP contribution in [0.3, 0.4) is 0 Å². The Morgan fingerprint density at radius 3 is 2.58 bits per heavy atom. The molecule has 4 aromatic rings. The molecule has 4 rings (SSSR count). The lowest BCUT2D eigenvalue weighted by molar-refractivity contribution is 0.0762. The fourth-order valence-electron chi connectivity index (χ4n) is 4.31. The summed E-state index contributed by atoms with van der Waals surface area (Å²) in [5, 5.41) is 9.72. The number of aldehydes is 1. The Balaban J connectivity index is 1.58. The molecule has 0 N–H and O–H groups in total. The molecule has 2 aromatic heterocycles. The van der Waals surface area contributed by atoms with E-state index in [0.29, 0.717) is 36.6 Å². The molecule has 0 aliphatic carbocycles. The Hall–Kier alpha value is -3.30. The highest BCUT2D eigenvalue weighted by Crippen LogP contribution is 2.33. The Morgan fingerprint density at radius 2 is 1.89 bits per heavy atom. The number of hydrogen-bond donors (Lipinski definition) is 0. The van der Waals surface area contributed by atoms with Crippen molar-refractivity contribution in [3.05, 3.63) is 64.9 Å². The van der Waals surface area contributed by atoms with Crippen LogP contribution in [0.25, 0.3) is 22.0 Å². The van der Waals surface area contributed by atoms with E-state index in [9.17, 15) is 9.18 Å². The lowest BCUT2D eigenvalue weighted by Crippen LogP contribution is -2.11. The first-order valence-corrected chi connectivity index (χ1v) is 15.4. The van der Waals surface area contributed by atoms with Crippen molar-refractivity contribution in [2.24, 2.45) is 7.05 Å². The number of benzene rings is 2. The monoisotopic (exact) mass is 508 g/mol. The van der Waals surface area contributed by atoms with Crippen LogP contribution in [0, 0.1) is 19.7 Å². The van der Waals surface area contributed by atoms with Gasteiger partial charge >= 0.3 is 0 Å². The summed E-state index contributed by atoms with van der Waals surface area (Å²) in [5.74, 6) is 0.0846. The molecule has 2 heterocycles. The number of aromatic nitrogens is 4. The van der Waals surface area contributed by atoms with E-state index in [2.05, 4.69) is 23.3 Å². The fourth-order valence-corrected chi connectivity index (χ4v) is 4.95. The van der Waals surface area contributed by atoms with Crippen molar-refractivity contribution in [1.29, 1.82) is 0 Å². The molecule has 0 radical (unpaired) electrons. The highest BCUT2D eigenvalue weighted by atomic mass is 28.3. The predicted octanol–water partition coefficient (Wildman–Crippen LogP) is 5.09. The molecule has 7 nitrogen and oxygen atoms in total. The van der Waals surface area contributed by atoms with E-state index in [0.717, 1.165) is 45.8 Å². The fraction of sp³-hybridized carbons (Fsp3) is 0.370. The number of halogens is 1. The molecule has 0 spiro atoms. The van der Waals surface area contributed by atoms with Gasteiger partial charge in [-0.1, -0.05) is 19.2 Å².